The lowest BCUT2D eigenvalue weighted by Crippen LogP contribution is -2.51. The third-order valence-electron chi connectivity index (χ3n) is 5.32. The Bertz CT molecular complexity index is 897. The molecule has 0 radical (unpaired) electrons. The lowest BCUT2D eigenvalue weighted by atomic mass is 10.00. The Morgan fingerprint density at radius 1 is 1.31 bits per heavy atom. The predicted octanol–water partition coefficient (Wildman–Crippen LogP) is 1.01. The van der Waals surface area contributed by atoms with E-state index in [4.69, 9.17) is 0 Å². The van der Waals surface area contributed by atoms with Crippen molar-refractivity contribution in [1.82, 2.24) is 35.4 Å². The van der Waals surface area contributed by atoms with Gasteiger partial charge in [0.15, 0.2) is 0 Å². The standard InChI is InChI=1S/C19H25N7O3/c1-5-19(3)17(28)26(18(29)22-19)23-16(27)10-24(4)13(2)14-6-8-15(9-7-14)25-12-20-11-21-25/h6-9,11-13H,5,10H2,1-4H3,(H,22,29)(H,23,27). The Morgan fingerprint density at radius 3 is 2.55 bits per heavy atom. The number of hydrogen-bond acceptors (Lipinski definition) is 6. The summed E-state index contributed by atoms with van der Waals surface area (Å²) in [5.74, 6) is -0.903. The van der Waals surface area contributed by atoms with Crippen LogP contribution in [0.1, 0.15) is 38.8 Å². The molecule has 10 nitrogen and oxygen atoms in total. The van der Waals surface area contributed by atoms with Crippen LogP contribution in [0.5, 0.6) is 0 Å². The highest BCUT2D eigenvalue weighted by Crippen LogP contribution is 2.21. The number of carbonyl (C=O) groups excluding carboxylic acids is 3. The normalized spacial score (nSPS) is 20.1. The molecule has 2 unspecified atom stereocenters. The number of hydrazine groups is 1. The van der Waals surface area contributed by atoms with E-state index in [-0.39, 0.29) is 12.6 Å². The summed E-state index contributed by atoms with van der Waals surface area (Å²) in [6.45, 7) is 5.43. The van der Waals surface area contributed by atoms with Crippen LogP contribution in [-0.2, 0) is 9.59 Å². The lowest BCUT2D eigenvalue weighted by Gasteiger charge is -2.25. The van der Waals surface area contributed by atoms with Gasteiger partial charge >= 0.3 is 6.03 Å². The van der Waals surface area contributed by atoms with Crippen LogP contribution in [0.3, 0.4) is 0 Å². The van der Waals surface area contributed by atoms with Crippen molar-refractivity contribution in [3.8, 4) is 5.69 Å². The molecule has 1 fully saturated rings. The first-order valence-corrected chi connectivity index (χ1v) is 9.36. The molecule has 0 bridgehead atoms. The Morgan fingerprint density at radius 2 is 2.00 bits per heavy atom. The molecule has 2 heterocycles. The smallest absolute Gasteiger partial charge is 0.322 e. The number of nitrogens with one attached hydrogen (secondary N) is 2. The van der Waals surface area contributed by atoms with Gasteiger partial charge in [0.2, 0.25) is 0 Å². The van der Waals surface area contributed by atoms with Gasteiger partial charge in [-0.05, 0) is 45.0 Å². The second-order valence-electron chi connectivity index (χ2n) is 7.31. The third kappa shape index (κ3) is 4.11. The van der Waals surface area contributed by atoms with Crippen LogP contribution in [0.25, 0.3) is 5.69 Å². The van der Waals surface area contributed by atoms with Gasteiger partial charge in [-0.15, -0.1) is 0 Å². The average molecular weight is 399 g/mol. The summed E-state index contributed by atoms with van der Waals surface area (Å²) >= 11 is 0. The number of likely N-dealkylation sites (N-methyl/N-ethyl adjacent to an activating group) is 1. The van der Waals surface area contributed by atoms with Gasteiger partial charge in [0.05, 0.1) is 12.2 Å². The summed E-state index contributed by atoms with van der Waals surface area (Å²) in [6, 6.07) is 7.09. The number of aromatic nitrogens is 3. The minimum Gasteiger partial charge on any atom is -0.322 e. The Balaban J connectivity index is 1.59. The SMILES string of the molecule is CCC1(C)NC(=O)N(NC(=O)CN(C)C(C)c2ccc(-n3cncn3)cc2)C1=O. The first kappa shape index (κ1) is 20.5. The summed E-state index contributed by atoms with van der Waals surface area (Å²) in [5, 5.41) is 7.45. The molecule has 3 rings (SSSR count). The molecule has 2 N–H and O–H groups in total. The van der Waals surface area contributed by atoms with Crippen molar-refractivity contribution in [2.75, 3.05) is 13.6 Å². The average Bonchev–Trinajstić information content (AvgIpc) is 3.31. The molecule has 154 valence electrons. The molecule has 1 aliphatic heterocycles. The number of imide groups is 1. The molecule has 0 saturated carbocycles. The van der Waals surface area contributed by atoms with E-state index < -0.39 is 23.4 Å². The minimum atomic E-state index is -0.991. The molecule has 10 heteroatoms. The fourth-order valence-electron chi connectivity index (χ4n) is 3.05. The van der Waals surface area contributed by atoms with Gasteiger partial charge in [0, 0.05) is 6.04 Å². The first-order valence-electron chi connectivity index (χ1n) is 9.36. The van der Waals surface area contributed by atoms with E-state index in [1.54, 1.807) is 31.9 Å². The second kappa shape index (κ2) is 8.00. The van der Waals surface area contributed by atoms with Crippen molar-refractivity contribution in [2.45, 2.75) is 38.8 Å². The predicted molar refractivity (Wildman–Crippen MR) is 105 cm³/mol. The maximum Gasteiger partial charge on any atom is 0.344 e. The summed E-state index contributed by atoms with van der Waals surface area (Å²) in [5.41, 5.74) is 3.31. The van der Waals surface area contributed by atoms with Crippen LogP contribution < -0.4 is 10.7 Å². The molecule has 1 aromatic heterocycles. The molecule has 0 aliphatic carbocycles. The number of hydrogen-bond donors (Lipinski definition) is 2. The first-order chi connectivity index (χ1) is 13.7. The van der Waals surface area contributed by atoms with Crippen molar-refractivity contribution >= 4 is 17.8 Å². The van der Waals surface area contributed by atoms with Crippen molar-refractivity contribution in [1.29, 1.82) is 0 Å². The summed E-state index contributed by atoms with van der Waals surface area (Å²) in [7, 11) is 1.80. The number of benzene rings is 1. The molecule has 2 aromatic rings. The fourth-order valence-corrected chi connectivity index (χ4v) is 3.05. The maximum absolute atomic E-state index is 12.4. The Labute approximate surface area is 168 Å². The number of nitrogens with zero attached hydrogens (tertiary/aromatic N) is 5. The van der Waals surface area contributed by atoms with Crippen molar-refractivity contribution < 1.29 is 14.4 Å². The van der Waals surface area contributed by atoms with Crippen molar-refractivity contribution in [2.24, 2.45) is 0 Å². The molecule has 4 amide bonds. The van der Waals surface area contributed by atoms with Gasteiger partial charge in [0.25, 0.3) is 11.8 Å². The molecule has 2 atom stereocenters. The van der Waals surface area contributed by atoms with Gasteiger partial charge in [-0.3, -0.25) is 19.9 Å². The van der Waals surface area contributed by atoms with Crippen LogP contribution in [0.4, 0.5) is 4.79 Å². The number of amides is 4. The van der Waals surface area contributed by atoms with Gasteiger partial charge in [-0.1, -0.05) is 19.1 Å². The monoisotopic (exact) mass is 399 g/mol. The van der Waals surface area contributed by atoms with Gasteiger partial charge in [-0.25, -0.2) is 14.5 Å². The van der Waals surface area contributed by atoms with Crippen LogP contribution in [-0.4, -0.2) is 61.7 Å². The van der Waals surface area contributed by atoms with E-state index in [0.29, 0.717) is 6.42 Å². The summed E-state index contributed by atoms with van der Waals surface area (Å²) in [4.78, 5) is 42.6. The quantitative estimate of drug-likeness (QED) is 0.672. The van der Waals surface area contributed by atoms with Crippen LogP contribution in [0, 0.1) is 0 Å². The van der Waals surface area contributed by atoms with Gasteiger partial charge < -0.3 is 5.32 Å². The van der Waals surface area contributed by atoms with E-state index in [1.165, 1.54) is 6.33 Å². The highest BCUT2D eigenvalue weighted by molar-refractivity contribution is 6.07. The zero-order valence-electron chi connectivity index (χ0n) is 16.9. The van der Waals surface area contributed by atoms with Crippen molar-refractivity contribution in [3.63, 3.8) is 0 Å². The van der Waals surface area contributed by atoms with E-state index in [0.717, 1.165) is 16.3 Å². The topological polar surface area (TPSA) is 112 Å². The maximum atomic E-state index is 12.4. The highest BCUT2D eigenvalue weighted by Gasteiger charge is 2.47. The number of rotatable bonds is 7. The molecular weight excluding hydrogens is 374 g/mol. The molecule has 1 aliphatic rings. The largest absolute Gasteiger partial charge is 0.344 e. The lowest BCUT2D eigenvalue weighted by molar-refractivity contribution is -0.139. The van der Waals surface area contributed by atoms with Crippen LogP contribution >= 0.6 is 0 Å². The van der Waals surface area contributed by atoms with Crippen LogP contribution in [0.2, 0.25) is 0 Å². The van der Waals surface area contributed by atoms with Gasteiger partial charge in [0.1, 0.15) is 18.2 Å². The van der Waals surface area contributed by atoms with E-state index in [1.807, 2.05) is 36.1 Å². The molecule has 29 heavy (non-hydrogen) atoms. The minimum absolute atomic E-state index is 0.0197. The van der Waals surface area contributed by atoms with E-state index >= 15 is 0 Å². The molecular formula is C19H25N7O3. The highest BCUT2D eigenvalue weighted by atomic mass is 16.2. The van der Waals surface area contributed by atoms with Gasteiger partial charge in [-0.2, -0.15) is 10.1 Å². The second-order valence-corrected chi connectivity index (χ2v) is 7.31. The molecule has 0 spiro atoms. The summed E-state index contributed by atoms with van der Waals surface area (Å²) < 4.78 is 1.66. The van der Waals surface area contributed by atoms with Crippen molar-refractivity contribution in [3.05, 3.63) is 42.5 Å². The number of urea groups is 1. The molecule has 1 aromatic carbocycles. The molecule has 1 saturated heterocycles. The fraction of sp³-hybridized carbons (Fsp3) is 0.421. The third-order valence-corrected chi connectivity index (χ3v) is 5.32. The Hall–Kier alpha value is -3.27. The number of carbonyl (C=O) groups is 3. The zero-order valence-corrected chi connectivity index (χ0v) is 16.9. The summed E-state index contributed by atoms with van der Waals surface area (Å²) in [6.07, 6.45) is 3.52. The van der Waals surface area contributed by atoms with E-state index in [9.17, 15) is 14.4 Å². The van der Waals surface area contributed by atoms with Crippen LogP contribution in [0.15, 0.2) is 36.9 Å². The Kier molecular flexibility index (Phi) is 5.64. The zero-order chi connectivity index (χ0) is 21.2. The van der Waals surface area contributed by atoms with E-state index in [2.05, 4.69) is 20.8 Å².